The van der Waals surface area contributed by atoms with E-state index in [1.165, 1.54) is 13.4 Å². The molecule has 0 saturated carbocycles. The van der Waals surface area contributed by atoms with Crippen LogP contribution in [0.1, 0.15) is 18.3 Å². The molecule has 0 aliphatic heterocycles. The van der Waals surface area contributed by atoms with E-state index >= 15 is 0 Å². The molecule has 2 heterocycles. The molecular weight excluding hydrogens is 266 g/mol. The third-order valence-corrected chi connectivity index (χ3v) is 2.81. The van der Waals surface area contributed by atoms with Crippen molar-refractivity contribution in [2.75, 3.05) is 7.11 Å². The lowest BCUT2D eigenvalue weighted by molar-refractivity contribution is 0.365. The second-order valence-corrected chi connectivity index (χ2v) is 4.21. The third-order valence-electron chi connectivity index (χ3n) is 2.54. The Morgan fingerprint density at radius 2 is 2.05 bits per heavy atom. The van der Waals surface area contributed by atoms with Gasteiger partial charge in [0.2, 0.25) is 5.75 Å². The van der Waals surface area contributed by atoms with Gasteiger partial charge in [-0.25, -0.2) is 4.98 Å². The van der Waals surface area contributed by atoms with Gasteiger partial charge in [-0.1, -0.05) is 18.5 Å². The smallest absolute Gasteiger partial charge is 0.267 e. The summed E-state index contributed by atoms with van der Waals surface area (Å²) >= 11 is 5.92. The van der Waals surface area contributed by atoms with Gasteiger partial charge < -0.3 is 9.47 Å². The van der Waals surface area contributed by atoms with E-state index in [1.54, 1.807) is 0 Å². The largest absolute Gasteiger partial charge is 0.489 e. The van der Waals surface area contributed by atoms with Crippen LogP contribution in [0, 0.1) is 6.92 Å². The molecule has 0 aliphatic carbocycles. The van der Waals surface area contributed by atoms with Crippen LogP contribution in [-0.4, -0.2) is 22.1 Å². The predicted octanol–water partition coefficient (Wildman–Crippen LogP) is 3.20. The molecule has 6 heteroatoms. The zero-order valence-corrected chi connectivity index (χ0v) is 11.7. The number of rotatable bonds is 4. The minimum atomic E-state index is 0.214. The van der Waals surface area contributed by atoms with Crippen LogP contribution >= 0.6 is 11.6 Å². The summed E-state index contributed by atoms with van der Waals surface area (Å²) in [6.45, 7) is 3.95. The Balaban J connectivity index is 2.39. The molecule has 0 amide bonds. The first-order valence-electron chi connectivity index (χ1n) is 5.84. The van der Waals surface area contributed by atoms with Gasteiger partial charge in [0.05, 0.1) is 12.8 Å². The number of nitrogens with zero attached hydrogens (tertiary/aromatic N) is 3. The highest BCUT2D eigenvalue weighted by Crippen LogP contribution is 2.34. The number of hydrogen-bond donors (Lipinski definition) is 0. The van der Waals surface area contributed by atoms with Crippen LogP contribution in [0.25, 0.3) is 0 Å². The highest BCUT2D eigenvalue weighted by atomic mass is 35.5. The fourth-order valence-electron chi connectivity index (χ4n) is 1.63. The molecule has 0 N–H and O–H groups in total. The van der Waals surface area contributed by atoms with Gasteiger partial charge >= 0.3 is 0 Å². The van der Waals surface area contributed by atoms with Crippen molar-refractivity contribution in [1.29, 1.82) is 0 Å². The van der Waals surface area contributed by atoms with Crippen LogP contribution in [0.3, 0.4) is 0 Å². The zero-order chi connectivity index (χ0) is 13.8. The number of ether oxygens (including phenoxy) is 2. The molecule has 5 nitrogen and oxygen atoms in total. The van der Waals surface area contributed by atoms with Crippen molar-refractivity contribution in [2.45, 2.75) is 20.3 Å². The number of aryl methyl sites for hydroxylation is 2. The van der Waals surface area contributed by atoms with E-state index in [-0.39, 0.29) is 11.0 Å². The standard InChI is InChI=1S/C13H14ClN3O2/c1-4-9-10(6-5-8(2)17-9)19-13-11(18-3)12(14)15-7-16-13/h5-7H,4H2,1-3H3. The summed E-state index contributed by atoms with van der Waals surface area (Å²) in [6, 6.07) is 3.74. The summed E-state index contributed by atoms with van der Waals surface area (Å²) < 4.78 is 10.9. The molecule has 100 valence electrons. The van der Waals surface area contributed by atoms with Crippen molar-refractivity contribution in [3.05, 3.63) is 35.0 Å². The van der Waals surface area contributed by atoms with Crippen LogP contribution in [-0.2, 0) is 6.42 Å². The Bertz CT molecular complexity index is 590. The highest BCUT2D eigenvalue weighted by molar-refractivity contribution is 6.31. The second-order valence-electron chi connectivity index (χ2n) is 3.86. The summed E-state index contributed by atoms with van der Waals surface area (Å²) in [5.74, 6) is 1.23. The monoisotopic (exact) mass is 279 g/mol. The molecule has 0 radical (unpaired) electrons. The number of methoxy groups -OCH3 is 1. The molecule has 0 spiro atoms. The minimum Gasteiger partial charge on any atom is -0.489 e. The van der Waals surface area contributed by atoms with Crippen LogP contribution in [0.2, 0.25) is 5.15 Å². The average Bonchev–Trinajstić information content (AvgIpc) is 2.41. The molecule has 2 aromatic heterocycles. The van der Waals surface area contributed by atoms with Gasteiger partial charge in [-0.3, -0.25) is 4.98 Å². The fraction of sp³-hybridized carbons (Fsp3) is 0.308. The van der Waals surface area contributed by atoms with Gasteiger partial charge in [-0.05, 0) is 25.5 Å². The highest BCUT2D eigenvalue weighted by Gasteiger charge is 2.14. The molecule has 0 atom stereocenters. The molecule has 2 aromatic rings. The van der Waals surface area contributed by atoms with E-state index in [0.29, 0.717) is 11.5 Å². The third kappa shape index (κ3) is 2.93. The topological polar surface area (TPSA) is 57.1 Å². The summed E-state index contributed by atoms with van der Waals surface area (Å²) in [4.78, 5) is 12.3. The lowest BCUT2D eigenvalue weighted by Crippen LogP contribution is -1.99. The van der Waals surface area contributed by atoms with Crippen molar-refractivity contribution in [2.24, 2.45) is 0 Å². The first-order valence-corrected chi connectivity index (χ1v) is 6.22. The van der Waals surface area contributed by atoms with Gasteiger partial charge in [-0.2, -0.15) is 4.98 Å². The zero-order valence-electron chi connectivity index (χ0n) is 11.0. The van der Waals surface area contributed by atoms with Crippen molar-refractivity contribution in [3.63, 3.8) is 0 Å². The molecule has 0 bridgehead atoms. The van der Waals surface area contributed by atoms with E-state index < -0.39 is 0 Å². The van der Waals surface area contributed by atoms with Crippen LogP contribution in [0.4, 0.5) is 0 Å². The Morgan fingerprint density at radius 1 is 1.26 bits per heavy atom. The summed E-state index contributed by atoms with van der Waals surface area (Å²) in [5, 5.41) is 0.214. The van der Waals surface area contributed by atoms with Crippen molar-refractivity contribution >= 4 is 11.6 Å². The number of pyridine rings is 1. The maximum Gasteiger partial charge on any atom is 0.267 e. The Labute approximate surface area is 116 Å². The molecule has 2 rings (SSSR count). The first-order chi connectivity index (χ1) is 9.15. The van der Waals surface area contributed by atoms with Gasteiger partial charge in [0.15, 0.2) is 10.9 Å². The minimum absolute atomic E-state index is 0.214. The first kappa shape index (κ1) is 13.5. The fourth-order valence-corrected chi connectivity index (χ4v) is 1.83. The molecule has 0 unspecified atom stereocenters. The van der Waals surface area contributed by atoms with Gasteiger partial charge in [0.25, 0.3) is 5.88 Å². The van der Waals surface area contributed by atoms with Crippen molar-refractivity contribution in [3.8, 4) is 17.4 Å². The van der Waals surface area contributed by atoms with Crippen LogP contribution < -0.4 is 9.47 Å². The van der Waals surface area contributed by atoms with Gasteiger partial charge in [-0.15, -0.1) is 0 Å². The number of aromatic nitrogens is 3. The number of halogens is 1. The Hall–Kier alpha value is -1.88. The van der Waals surface area contributed by atoms with Crippen LogP contribution in [0.5, 0.6) is 17.4 Å². The number of hydrogen-bond acceptors (Lipinski definition) is 5. The maximum atomic E-state index is 5.92. The second kappa shape index (κ2) is 5.84. The van der Waals surface area contributed by atoms with Crippen LogP contribution in [0.15, 0.2) is 18.5 Å². The summed E-state index contributed by atoms with van der Waals surface area (Å²) in [6.07, 6.45) is 2.09. The Kier molecular flexibility index (Phi) is 4.16. The SMILES string of the molecule is CCc1nc(C)ccc1Oc1ncnc(Cl)c1OC. The summed E-state index contributed by atoms with van der Waals surface area (Å²) in [7, 11) is 1.49. The molecule has 19 heavy (non-hydrogen) atoms. The van der Waals surface area contributed by atoms with E-state index in [1.807, 2.05) is 26.0 Å². The normalized spacial score (nSPS) is 10.3. The summed E-state index contributed by atoms with van der Waals surface area (Å²) in [5.41, 5.74) is 1.80. The van der Waals surface area contributed by atoms with Crippen molar-refractivity contribution < 1.29 is 9.47 Å². The average molecular weight is 280 g/mol. The van der Waals surface area contributed by atoms with E-state index in [9.17, 15) is 0 Å². The predicted molar refractivity (Wildman–Crippen MR) is 72.0 cm³/mol. The molecule has 0 aliphatic rings. The van der Waals surface area contributed by atoms with Gasteiger partial charge in [0, 0.05) is 5.69 Å². The Morgan fingerprint density at radius 3 is 2.74 bits per heavy atom. The lowest BCUT2D eigenvalue weighted by Gasteiger charge is -2.12. The molecule has 0 aromatic carbocycles. The van der Waals surface area contributed by atoms with Gasteiger partial charge in [0.1, 0.15) is 6.33 Å². The van der Waals surface area contributed by atoms with E-state index in [2.05, 4.69) is 15.0 Å². The van der Waals surface area contributed by atoms with Crippen molar-refractivity contribution in [1.82, 2.24) is 15.0 Å². The maximum absolute atomic E-state index is 5.92. The van der Waals surface area contributed by atoms with E-state index in [0.717, 1.165) is 17.8 Å². The molecule has 0 saturated heterocycles. The quantitative estimate of drug-likeness (QED) is 0.805. The lowest BCUT2D eigenvalue weighted by atomic mass is 10.2. The molecular formula is C13H14ClN3O2. The van der Waals surface area contributed by atoms with E-state index in [4.69, 9.17) is 21.1 Å². The molecule has 0 fully saturated rings.